The third-order valence-corrected chi connectivity index (χ3v) is 1.33. The van der Waals surface area contributed by atoms with E-state index in [-0.39, 0.29) is 5.17 Å². The lowest BCUT2D eigenvalue weighted by Gasteiger charge is -1.96. The smallest absolute Gasteiger partial charge is 0.151 e. The highest BCUT2D eigenvalue weighted by Gasteiger charge is 1.87. The van der Waals surface area contributed by atoms with Gasteiger partial charge in [-0.05, 0) is 0 Å². The van der Waals surface area contributed by atoms with Gasteiger partial charge < -0.3 is 11.1 Å². The molecule has 0 spiro atoms. The maximum Gasteiger partial charge on any atom is 0.151 e. The Morgan fingerprint density at radius 1 is 1.88 bits per heavy atom. The molecule has 0 saturated heterocycles. The van der Waals surface area contributed by atoms with E-state index < -0.39 is 0 Å². The van der Waals surface area contributed by atoms with Crippen LogP contribution in [-0.4, -0.2) is 17.5 Å². The zero-order chi connectivity index (χ0) is 6.41. The van der Waals surface area contributed by atoms with E-state index in [9.17, 15) is 0 Å². The normalized spacial score (nSPS) is 9.12. The van der Waals surface area contributed by atoms with Crippen LogP contribution in [0.15, 0.2) is 0 Å². The van der Waals surface area contributed by atoms with Gasteiger partial charge in [-0.2, -0.15) is 7.05 Å². The average molecular weight is 133 g/mol. The summed E-state index contributed by atoms with van der Waals surface area (Å²) in [6.07, 6.45) is 0. The van der Waals surface area contributed by atoms with Gasteiger partial charge >= 0.3 is 0 Å². The van der Waals surface area contributed by atoms with Crippen LogP contribution in [0.25, 0.3) is 0 Å². The fraction of sp³-hybridized carbons (Fsp3) is 0.500. The van der Waals surface area contributed by atoms with Crippen LogP contribution in [0.2, 0.25) is 0 Å². The van der Waals surface area contributed by atoms with E-state index >= 15 is 0 Å². The standard InChI is InChI=1S/C4H11N3S/c1-7-2-3-8-4(5)6/h1-3,7H2,(H3,5,6). The second-order valence-electron chi connectivity index (χ2n) is 1.29. The van der Waals surface area contributed by atoms with E-state index in [1.54, 1.807) is 0 Å². The molecule has 0 amide bonds. The summed E-state index contributed by atoms with van der Waals surface area (Å²) in [5.74, 6) is 0.874. The molecule has 48 valence electrons. The minimum Gasteiger partial charge on any atom is -0.478 e. The van der Waals surface area contributed by atoms with Gasteiger partial charge in [0.05, 0.1) is 6.54 Å². The summed E-state index contributed by atoms with van der Waals surface area (Å²) in [7, 11) is 3.53. The monoisotopic (exact) mass is 133 g/mol. The first-order valence-corrected chi connectivity index (χ1v) is 3.33. The van der Waals surface area contributed by atoms with E-state index in [0.29, 0.717) is 0 Å². The van der Waals surface area contributed by atoms with Crippen molar-refractivity contribution < 1.29 is 5.32 Å². The quantitative estimate of drug-likeness (QED) is 0.199. The van der Waals surface area contributed by atoms with Crippen LogP contribution in [0.3, 0.4) is 0 Å². The number of rotatable bonds is 3. The van der Waals surface area contributed by atoms with Gasteiger partial charge in [0.2, 0.25) is 0 Å². The minimum absolute atomic E-state index is 0.187. The first-order chi connectivity index (χ1) is 3.77. The number of amidine groups is 1. The van der Waals surface area contributed by atoms with Gasteiger partial charge in [0.1, 0.15) is 0 Å². The van der Waals surface area contributed by atoms with E-state index in [0.717, 1.165) is 12.3 Å². The summed E-state index contributed by atoms with van der Waals surface area (Å²) in [6, 6.07) is 0. The first kappa shape index (κ1) is 7.78. The molecule has 0 bridgehead atoms. The Bertz CT molecular complexity index is 73.7. The summed E-state index contributed by atoms with van der Waals surface area (Å²) in [6.45, 7) is 0.921. The number of thioether (sulfide) groups is 1. The average Bonchev–Trinajstić information content (AvgIpc) is 1.66. The summed E-state index contributed by atoms with van der Waals surface area (Å²) in [5, 5.41) is 8.78. The highest BCUT2D eigenvalue weighted by molar-refractivity contribution is 8.13. The van der Waals surface area contributed by atoms with Crippen molar-refractivity contribution in [2.24, 2.45) is 5.73 Å². The third kappa shape index (κ3) is 5.78. The molecule has 0 aromatic rings. The first-order valence-electron chi connectivity index (χ1n) is 2.35. The van der Waals surface area contributed by atoms with E-state index in [1.165, 1.54) is 11.8 Å². The van der Waals surface area contributed by atoms with Gasteiger partial charge in [-0.1, -0.05) is 11.8 Å². The second-order valence-corrected chi connectivity index (χ2v) is 2.43. The van der Waals surface area contributed by atoms with Gasteiger partial charge in [-0.25, -0.2) is 0 Å². The molecule has 0 aromatic carbocycles. The third-order valence-electron chi connectivity index (χ3n) is 0.580. The zero-order valence-electron chi connectivity index (χ0n) is 4.68. The topological polar surface area (TPSA) is 66.5 Å². The van der Waals surface area contributed by atoms with Gasteiger partial charge in [0.15, 0.2) is 5.17 Å². The van der Waals surface area contributed by atoms with E-state index in [2.05, 4.69) is 7.05 Å². The summed E-state index contributed by atoms with van der Waals surface area (Å²) in [4.78, 5) is 0. The highest BCUT2D eigenvalue weighted by Crippen LogP contribution is 1.92. The van der Waals surface area contributed by atoms with Crippen molar-refractivity contribution >= 4 is 16.9 Å². The number of quaternary nitrogens is 1. The number of hydrogen-bond acceptors (Lipinski definition) is 2. The fourth-order valence-corrected chi connectivity index (χ4v) is 0.757. The number of hydrogen-bond donors (Lipinski definition) is 3. The lowest BCUT2D eigenvalue weighted by Crippen LogP contribution is -2.77. The zero-order valence-corrected chi connectivity index (χ0v) is 5.50. The van der Waals surface area contributed by atoms with E-state index in [1.807, 2.05) is 5.32 Å². The van der Waals surface area contributed by atoms with Gasteiger partial charge in [-0.3, -0.25) is 5.41 Å². The Morgan fingerprint density at radius 3 is 2.88 bits per heavy atom. The van der Waals surface area contributed by atoms with Gasteiger partial charge in [-0.15, -0.1) is 0 Å². The van der Waals surface area contributed by atoms with E-state index in [4.69, 9.17) is 11.1 Å². The molecule has 0 aliphatic rings. The molecule has 4 heteroatoms. The number of nitrogens with one attached hydrogen (secondary N) is 1. The van der Waals surface area contributed by atoms with Crippen molar-refractivity contribution in [3.8, 4) is 0 Å². The Morgan fingerprint density at radius 2 is 2.50 bits per heavy atom. The maximum atomic E-state index is 6.78. The predicted octanol–water partition coefficient (Wildman–Crippen LogP) is -1.03. The molecule has 0 saturated carbocycles. The molecule has 5 N–H and O–H groups in total. The minimum atomic E-state index is 0.187. The molecule has 0 rings (SSSR count). The molecule has 0 atom stereocenters. The molecule has 0 unspecified atom stereocenters. The molecule has 3 nitrogen and oxygen atoms in total. The molecule has 0 aromatic heterocycles. The largest absolute Gasteiger partial charge is 0.478 e. The van der Waals surface area contributed by atoms with Crippen molar-refractivity contribution in [3.63, 3.8) is 0 Å². The van der Waals surface area contributed by atoms with Crippen molar-refractivity contribution in [1.29, 1.82) is 5.41 Å². The molecule has 0 aliphatic heterocycles. The van der Waals surface area contributed by atoms with Crippen molar-refractivity contribution in [2.45, 2.75) is 0 Å². The summed E-state index contributed by atoms with van der Waals surface area (Å²) in [5.41, 5.74) is 5.05. The molecule has 0 radical (unpaired) electrons. The molecule has 0 fully saturated rings. The molecule has 8 heavy (non-hydrogen) atoms. The van der Waals surface area contributed by atoms with Gasteiger partial charge in [0, 0.05) is 5.75 Å². The molecular weight excluding hydrogens is 122 g/mol. The van der Waals surface area contributed by atoms with Crippen LogP contribution >= 0.6 is 11.8 Å². The Kier molecular flexibility index (Phi) is 4.79. The van der Waals surface area contributed by atoms with Crippen LogP contribution in [0.4, 0.5) is 0 Å². The van der Waals surface area contributed by atoms with Crippen LogP contribution in [0.1, 0.15) is 0 Å². The predicted molar refractivity (Wildman–Crippen MR) is 36.5 cm³/mol. The Hall–Kier alpha value is -0.220. The van der Waals surface area contributed by atoms with Crippen molar-refractivity contribution in [1.82, 2.24) is 0 Å². The van der Waals surface area contributed by atoms with Crippen LogP contribution in [-0.2, 0) is 0 Å². The highest BCUT2D eigenvalue weighted by atomic mass is 32.2. The summed E-state index contributed by atoms with van der Waals surface area (Å²) >= 11 is 1.35. The fourth-order valence-electron chi connectivity index (χ4n) is 0.252. The van der Waals surface area contributed by atoms with Gasteiger partial charge in [0.25, 0.3) is 0 Å². The van der Waals surface area contributed by atoms with Crippen molar-refractivity contribution in [2.75, 3.05) is 12.3 Å². The molecule has 0 aliphatic carbocycles. The van der Waals surface area contributed by atoms with Crippen molar-refractivity contribution in [3.05, 3.63) is 7.05 Å². The summed E-state index contributed by atoms with van der Waals surface area (Å²) < 4.78 is 0. The lowest BCUT2D eigenvalue weighted by molar-refractivity contribution is -0.590. The number of nitrogens with two attached hydrogens (primary N) is 2. The lowest BCUT2D eigenvalue weighted by atomic mass is 10.8. The second kappa shape index (κ2) is 4.93. The van der Waals surface area contributed by atoms with Crippen LogP contribution in [0, 0.1) is 12.5 Å². The molecular formula is C4H11N3S. The Balaban J connectivity index is 2.82. The molecule has 0 heterocycles. The maximum absolute atomic E-state index is 6.78. The SMILES string of the molecule is [CH2-][NH2+]CCSC(=N)N. The Labute approximate surface area is 53.5 Å². The van der Waals surface area contributed by atoms with Crippen LogP contribution in [0.5, 0.6) is 0 Å². The van der Waals surface area contributed by atoms with Crippen LogP contribution < -0.4 is 11.1 Å².